The molecular weight excluding hydrogens is 296 g/mol. The maximum Gasteiger partial charge on any atom is 0.273 e. The highest BCUT2D eigenvalue weighted by Gasteiger charge is 2.33. The molecule has 0 amide bonds. The van der Waals surface area contributed by atoms with Gasteiger partial charge in [0.25, 0.3) is 5.69 Å². The van der Waals surface area contributed by atoms with Gasteiger partial charge in [-0.3, -0.25) is 10.1 Å². The third-order valence-electron chi connectivity index (χ3n) is 3.40. The Morgan fingerprint density at radius 3 is 2.38 bits per heavy atom. The van der Waals surface area contributed by atoms with Gasteiger partial charge in [-0.05, 0) is 26.8 Å². The maximum absolute atomic E-state index is 12.6. The fraction of sp³-hybridized carbons (Fsp3) is 0.538. The zero-order chi connectivity index (χ0) is 15.8. The van der Waals surface area contributed by atoms with E-state index in [2.05, 4.69) is 0 Å². The predicted molar refractivity (Wildman–Crippen MR) is 76.6 cm³/mol. The minimum absolute atomic E-state index is 0.0545. The molecule has 116 valence electrons. The topological polar surface area (TPSA) is 89.8 Å². The first-order valence-electron chi connectivity index (χ1n) is 6.62. The Balaban J connectivity index is 2.40. The quantitative estimate of drug-likeness (QED) is 0.625. The van der Waals surface area contributed by atoms with Crippen molar-refractivity contribution in [2.45, 2.75) is 37.9 Å². The summed E-state index contributed by atoms with van der Waals surface area (Å²) in [6.45, 7) is 5.67. The average Bonchev–Trinajstić information content (AvgIpc) is 2.37. The van der Waals surface area contributed by atoms with Gasteiger partial charge in [0.05, 0.1) is 22.0 Å². The second-order valence-electron chi connectivity index (χ2n) is 5.28. The number of hydrogen-bond acceptors (Lipinski definition) is 5. The third kappa shape index (κ3) is 3.22. The molecule has 21 heavy (non-hydrogen) atoms. The first-order valence-corrected chi connectivity index (χ1v) is 8.06. The van der Waals surface area contributed by atoms with Crippen molar-refractivity contribution in [2.24, 2.45) is 0 Å². The lowest BCUT2D eigenvalue weighted by atomic mass is 10.2. The molecule has 0 N–H and O–H groups in total. The number of nitro groups is 1. The summed E-state index contributed by atoms with van der Waals surface area (Å²) in [5.41, 5.74) is 0.244. The van der Waals surface area contributed by atoms with Gasteiger partial charge in [-0.25, -0.2) is 8.42 Å². The lowest BCUT2D eigenvalue weighted by Crippen LogP contribution is -2.48. The summed E-state index contributed by atoms with van der Waals surface area (Å²) in [4.78, 5) is 10.3. The summed E-state index contributed by atoms with van der Waals surface area (Å²) in [7, 11) is -3.75. The van der Waals surface area contributed by atoms with Crippen molar-refractivity contribution < 1.29 is 18.1 Å². The number of morpholine rings is 1. The molecule has 2 atom stereocenters. The molecule has 1 saturated heterocycles. The Kier molecular flexibility index (Phi) is 4.31. The number of rotatable bonds is 3. The van der Waals surface area contributed by atoms with Crippen LogP contribution in [-0.4, -0.2) is 42.9 Å². The Labute approximate surface area is 123 Å². The molecular formula is C13H18N2O5S. The Hall–Kier alpha value is -1.51. The number of hydrogen-bond donors (Lipinski definition) is 0. The van der Waals surface area contributed by atoms with Gasteiger partial charge in [0.1, 0.15) is 0 Å². The zero-order valence-electron chi connectivity index (χ0n) is 12.1. The van der Waals surface area contributed by atoms with Crippen molar-refractivity contribution in [3.8, 4) is 0 Å². The van der Waals surface area contributed by atoms with Crippen LogP contribution in [0.15, 0.2) is 23.1 Å². The van der Waals surface area contributed by atoms with Crippen LogP contribution in [0.5, 0.6) is 0 Å². The van der Waals surface area contributed by atoms with Gasteiger partial charge in [0.15, 0.2) is 0 Å². The van der Waals surface area contributed by atoms with Gasteiger partial charge in [-0.2, -0.15) is 4.31 Å². The van der Waals surface area contributed by atoms with Crippen LogP contribution < -0.4 is 0 Å². The van der Waals surface area contributed by atoms with Crippen LogP contribution in [0.3, 0.4) is 0 Å². The Morgan fingerprint density at radius 1 is 1.29 bits per heavy atom. The number of nitro benzene ring substituents is 1. The SMILES string of the molecule is Cc1ccc(S(=O)(=O)N2CC(C)OC(C)C2)cc1[N+](=O)[O-]. The van der Waals surface area contributed by atoms with Crippen molar-refractivity contribution in [3.05, 3.63) is 33.9 Å². The monoisotopic (exact) mass is 314 g/mol. The number of sulfonamides is 1. The molecule has 8 heteroatoms. The van der Waals surface area contributed by atoms with Gasteiger partial charge < -0.3 is 4.74 Å². The van der Waals surface area contributed by atoms with Crippen molar-refractivity contribution >= 4 is 15.7 Å². The molecule has 1 aliphatic rings. The minimum Gasteiger partial charge on any atom is -0.373 e. The van der Waals surface area contributed by atoms with E-state index in [0.29, 0.717) is 5.56 Å². The van der Waals surface area contributed by atoms with Gasteiger partial charge in [-0.1, -0.05) is 6.07 Å². The van der Waals surface area contributed by atoms with E-state index in [0.717, 1.165) is 6.07 Å². The number of benzene rings is 1. The summed E-state index contributed by atoms with van der Waals surface area (Å²) in [6.07, 6.45) is -0.409. The highest BCUT2D eigenvalue weighted by Crippen LogP contribution is 2.26. The van der Waals surface area contributed by atoms with Crippen molar-refractivity contribution in [1.82, 2.24) is 4.31 Å². The summed E-state index contributed by atoms with van der Waals surface area (Å²) in [5.74, 6) is 0. The molecule has 0 aromatic heterocycles. The van der Waals surface area contributed by atoms with E-state index >= 15 is 0 Å². The molecule has 0 saturated carbocycles. The molecule has 1 aromatic rings. The number of nitrogens with zero attached hydrogens (tertiary/aromatic N) is 2. The van der Waals surface area contributed by atoms with Gasteiger partial charge in [0, 0.05) is 24.7 Å². The Bertz CT molecular complexity index is 649. The molecule has 0 spiro atoms. The molecule has 0 bridgehead atoms. The molecule has 1 aliphatic heterocycles. The lowest BCUT2D eigenvalue weighted by molar-refractivity contribution is -0.385. The van der Waals surface area contributed by atoms with Gasteiger partial charge >= 0.3 is 0 Å². The molecule has 2 rings (SSSR count). The predicted octanol–water partition coefficient (Wildman–Crippen LogP) is 1.70. The number of aryl methyl sites for hydroxylation is 1. The van der Waals surface area contributed by atoms with Crippen LogP contribution in [0, 0.1) is 17.0 Å². The van der Waals surface area contributed by atoms with E-state index in [9.17, 15) is 18.5 Å². The fourth-order valence-corrected chi connectivity index (χ4v) is 4.03. The van der Waals surface area contributed by atoms with Crippen molar-refractivity contribution in [3.63, 3.8) is 0 Å². The fourth-order valence-electron chi connectivity index (χ4n) is 2.42. The molecule has 2 unspecified atom stereocenters. The molecule has 7 nitrogen and oxygen atoms in total. The van der Waals surface area contributed by atoms with E-state index in [1.54, 1.807) is 20.8 Å². The molecule has 1 aromatic carbocycles. The van der Waals surface area contributed by atoms with Gasteiger partial charge in [0.2, 0.25) is 10.0 Å². The van der Waals surface area contributed by atoms with E-state index in [-0.39, 0.29) is 35.9 Å². The summed E-state index contributed by atoms with van der Waals surface area (Å²) >= 11 is 0. The zero-order valence-corrected chi connectivity index (χ0v) is 13.0. The van der Waals surface area contributed by atoms with Crippen LogP contribution in [0.2, 0.25) is 0 Å². The van der Waals surface area contributed by atoms with E-state index < -0.39 is 14.9 Å². The summed E-state index contributed by atoms with van der Waals surface area (Å²) in [6, 6.07) is 3.98. The smallest absolute Gasteiger partial charge is 0.273 e. The standard InChI is InChI=1S/C13H18N2O5S/c1-9-4-5-12(6-13(9)15(16)17)21(18,19)14-7-10(2)20-11(3)8-14/h4-6,10-11H,7-8H2,1-3H3. The molecule has 0 aliphatic carbocycles. The summed E-state index contributed by atoms with van der Waals surface area (Å²) in [5, 5.41) is 11.0. The van der Waals surface area contributed by atoms with Crippen LogP contribution in [0.25, 0.3) is 0 Å². The van der Waals surface area contributed by atoms with Crippen molar-refractivity contribution in [2.75, 3.05) is 13.1 Å². The van der Waals surface area contributed by atoms with Crippen LogP contribution in [0.1, 0.15) is 19.4 Å². The van der Waals surface area contributed by atoms with E-state index in [1.807, 2.05) is 0 Å². The van der Waals surface area contributed by atoms with E-state index in [1.165, 1.54) is 16.4 Å². The summed E-state index contributed by atoms with van der Waals surface area (Å²) < 4.78 is 32.1. The van der Waals surface area contributed by atoms with Crippen LogP contribution >= 0.6 is 0 Å². The van der Waals surface area contributed by atoms with Crippen LogP contribution in [-0.2, 0) is 14.8 Å². The highest BCUT2D eigenvalue weighted by atomic mass is 32.2. The highest BCUT2D eigenvalue weighted by molar-refractivity contribution is 7.89. The second-order valence-corrected chi connectivity index (χ2v) is 7.22. The third-order valence-corrected chi connectivity index (χ3v) is 5.23. The normalized spacial score (nSPS) is 24.0. The minimum atomic E-state index is -3.75. The Morgan fingerprint density at radius 2 is 1.86 bits per heavy atom. The first kappa shape index (κ1) is 15.9. The van der Waals surface area contributed by atoms with Gasteiger partial charge in [-0.15, -0.1) is 0 Å². The number of ether oxygens (including phenoxy) is 1. The molecule has 1 heterocycles. The van der Waals surface area contributed by atoms with Crippen molar-refractivity contribution in [1.29, 1.82) is 0 Å². The first-order chi connectivity index (χ1) is 9.71. The second kappa shape index (κ2) is 5.70. The van der Waals surface area contributed by atoms with Crippen LogP contribution in [0.4, 0.5) is 5.69 Å². The molecule has 0 radical (unpaired) electrons. The molecule has 1 fully saturated rings. The lowest BCUT2D eigenvalue weighted by Gasteiger charge is -2.34. The van der Waals surface area contributed by atoms with E-state index in [4.69, 9.17) is 4.74 Å². The maximum atomic E-state index is 12.6. The largest absolute Gasteiger partial charge is 0.373 e. The average molecular weight is 314 g/mol.